The first kappa shape index (κ1) is 26.9. The van der Waals surface area contributed by atoms with Gasteiger partial charge in [-0.05, 0) is 42.8 Å². The summed E-state index contributed by atoms with van der Waals surface area (Å²) < 4.78 is 55.0. The van der Waals surface area contributed by atoms with E-state index in [2.05, 4.69) is 20.4 Å². The van der Waals surface area contributed by atoms with Crippen LogP contribution in [0.15, 0.2) is 66.9 Å². The van der Waals surface area contributed by atoms with E-state index in [9.17, 15) is 32.3 Å². The van der Waals surface area contributed by atoms with Gasteiger partial charge in [0.25, 0.3) is 11.8 Å². The number of halogens is 4. The number of carbonyl (C=O) groups is 2. The third-order valence-corrected chi connectivity index (χ3v) is 6.54. The second-order valence-corrected chi connectivity index (χ2v) is 8.92. The minimum absolute atomic E-state index is 0.137. The molecule has 2 aromatic carbocycles. The van der Waals surface area contributed by atoms with Gasteiger partial charge in [-0.15, -0.1) is 0 Å². The molecule has 2 amide bonds. The van der Waals surface area contributed by atoms with Crippen LogP contribution in [0.3, 0.4) is 0 Å². The number of hydrogen-bond donors (Lipinski definition) is 2. The van der Waals surface area contributed by atoms with Gasteiger partial charge in [0.1, 0.15) is 23.4 Å². The Morgan fingerprint density at radius 2 is 1.77 bits per heavy atom. The summed E-state index contributed by atoms with van der Waals surface area (Å²) in [5.74, 6) is -3.67. The van der Waals surface area contributed by atoms with Crippen molar-refractivity contribution in [3.05, 3.63) is 101 Å². The molecular formula is C27H22F4N6O3. The van der Waals surface area contributed by atoms with Gasteiger partial charge < -0.3 is 10.4 Å². The van der Waals surface area contributed by atoms with Crippen molar-refractivity contribution in [1.29, 1.82) is 0 Å². The molecule has 0 saturated heterocycles. The lowest BCUT2D eigenvalue weighted by molar-refractivity contribution is -0.141. The Hall–Kier alpha value is -4.65. The SMILES string of the molecule is CCN1C(=O)[C@@H](NC(=O)c2nccc(C(F)(F)F)n2)[C@H](c2ccc(F)cc2)c2c(CO)nn(-c3ccccc3)c21. The number of para-hydroxylation sites is 1. The molecule has 1 aliphatic heterocycles. The van der Waals surface area contributed by atoms with Gasteiger partial charge in [0.05, 0.1) is 18.0 Å². The molecular weight excluding hydrogens is 532 g/mol. The lowest BCUT2D eigenvalue weighted by Crippen LogP contribution is -2.55. The Balaban J connectivity index is 1.67. The fourth-order valence-electron chi connectivity index (χ4n) is 4.80. The Kier molecular flexibility index (Phi) is 7.06. The normalized spacial score (nSPS) is 17.1. The number of likely N-dealkylation sites (N-methyl/N-ethyl adjacent to an activating group) is 1. The number of aromatic nitrogens is 4. The van der Waals surface area contributed by atoms with E-state index in [1.54, 1.807) is 37.3 Å². The van der Waals surface area contributed by atoms with Gasteiger partial charge >= 0.3 is 6.18 Å². The van der Waals surface area contributed by atoms with E-state index < -0.39 is 53.9 Å². The number of amides is 2. The molecule has 2 aromatic heterocycles. The number of nitrogens with one attached hydrogen (secondary N) is 1. The Morgan fingerprint density at radius 3 is 2.40 bits per heavy atom. The van der Waals surface area contributed by atoms with Crippen molar-refractivity contribution < 1.29 is 32.3 Å². The predicted octanol–water partition coefficient (Wildman–Crippen LogP) is 3.61. The summed E-state index contributed by atoms with van der Waals surface area (Å²) in [6.45, 7) is 1.32. The predicted molar refractivity (Wildman–Crippen MR) is 134 cm³/mol. The highest BCUT2D eigenvalue weighted by Gasteiger charge is 2.46. The van der Waals surface area contributed by atoms with Crippen LogP contribution in [0.1, 0.15) is 46.0 Å². The summed E-state index contributed by atoms with van der Waals surface area (Å²) in [4.78, 5) is 35.5. The first-order valence-corrected chi connectivity index (χ1v) is 12.2. The molecule has 13 heteroatoms. The first-order valence-electron chi connectivity index (χ1n) is 12.2. The smallest absolute Gasteiger partial charge is 0.390 e. The second kappa shape index (κ2) is 10.5. The molecule has 40 heavy (non-hydrogen) atoms. The second-order valence-electron chi connectivity index (χ2n) is 8.92. The zero-order valence-corrected chi connectivity index (χ0v) is 20.9. The maximum Gasteiger partial charge on any atom is 0.433 e. The van der Waals surface area contributed by atoms with Crippen molar-refractivity contribution in [3.8, 4) is 5.69 Å². The van der Waals surface area contributed by atoms with E-state index in [1.165, 1.54) is 33.8 Å². The first-order chi connectivity index (χ1) is 19.1. The number of alkyl halides is 3. The maximum absolute atomic E-state index is 14.0. The lowest BCUT2D eigenvalue weighted by Gasteiger charge is -2.38. The van der Waals surface area contributed by atoms with Gasteiger partial charge in [0.15, 0.2) is 0 Å². The van der Waals surface area contributed by atoms with E-state index in [0.29, 0.717) is 28.7 Å². The van der Waals surface area contributed by atoms with Crippen LogP contribution in [0, 0.1) is 5.82 Å². The van der Waals surface area contributed by atoms with Gasteiger partial charge in [0.2, 0.25) is 5.82 Å². The zero-order valence-electron chi connectivity index (χ0n) is 20.9. The summed E-state index contributed by atoms with van der Waals surface area (Å²) in [6, 6.07) is 13.4. The Labute approximate surface area is 225 Å². The van der Waals surface area contributed by atoms with E-state index in [4.69, 9.17) is 0 Å². The molecule has 5 rings (SSSR count). The minimum Gasteiger partial charge on any atom is -0.390 e. The van der Waals surface area contributed by atoms with Crippen LogP contribution >= 0.6 is 0 Å². The molecule has 0 aliphatic carbocycles. The average molecular weight is 555 g/mol. The van der Waals surface area contributed by atoms with Crippen molar-refractivity contribution in [2.75, 3.05) is 11.4 Å². The highest BCUT2D eigenvalue weighted by atomic mass is 19.4. The van der Waals surface area contributed by atoms with Gasteiger partial charge in [-0.3, -0.25) is 14.5 Å². The van der Waals surface area contributed by atoms with E-state index >= 15 is 0 Å². The van der Waals surface area contributed by atoms with Crippen LogP contribution in [-0.4, -0.2) is 49.3 Å². The minimum atomic E-state index is -4.81. The monoisotopic (exact) mass is 554 g/mol. The van der Waals surface area contributed by atoms with Crippen molar-refractivity contribution >= 4 is 17.6 Å². The van der Waals surface area contributed by atoms with Gasteiger partial charge in [0, 0.05) is 24.2 Å². The Bertz CT molecular complexity index is 1560. The van der Waals surface area contributed by atoms with Crippen molar-refractivity contribution in [2.24, 2.45) is 0 Å². The molecule has 0 fully saturated rings. The maximum atomic E-state index is 14.0. The number of aliphatic hydroxyl groups excluding tert-OH is 1. The van der Waals surface area contributed by atoms with Crippen molar-refractivity contribution in [1.82, 2.24) is 25.1 Å². The number of hydrogen-bond acceptors (Lipinski definition) is 6. The molecule has 1 aliphatic rings. The molecule has 0 unspecified atom stereocenters. The lowest BCUT2D eigenvalue weighted by atomic mass is 9.81. The fourth-order valence-corrected chi connectivity index (χ4v) is 4.80. The third-order valence-electron chi connectivity index (χ3n) is 6.54. The summed E-state index contributed by atoms with van der Waals surface area (Å²) >= 11 is 0. The summed E-state index contributed by atoms with van der Waals surface area (Å²) in [5.41, 5.74) is 0.289. The van der Waals surface area contributed by atoms with Crippen LogP contribution in [0.2, 0.25) is 0 Å². The number of anilines is 1. The average Bonchev–Trinajstić information content (AvgIpc) is 3.33. The van der Waals surface area contributed by atoms with E-state index in [1.807, 2.05) is 0 Å². The highest BCUT2D eigenvalue weighted by Crippen LogP contribution is 2.43. The van der Waals surface area contributed by atoms with Crippen LogP contribution in [0.25, 0.3) is 5.69 Å². The molecule has 4 aromatic rings. The number of aliphatic hydroxyl groups is 1. The van der Waals surface area contributed by atoms with Gasteiger partial charge in [-0.1, -0.05) is 30.3 Å². The van der Waals surface area contributed by atoms with Gasteiger partial charge in [-0.25, -0.2) is 19.0 Å². The summed E-state index contributed by atoms with van der Waals surface area (Å²) in [5, 5.41) is 17.3. The van der Waals surface area contributed by atoms with Crippen molar-refractivity contribution in [3.63, 3.8) is 0 Å². The zero-order chi connectivity index (χ0) is 28.6. The number of nitrogens with zero attached hydrogens (tertiary/aromatic N) is 5. The molecule has 0 radical (unpaired) electrons. The molecule has 3 heterocycles. The van der Waals surface area contributed by atoms with E-state index in [-0.39, 0.29) is 12.2 Å². The standard InChI is InChI=1S/C27H22F4N6O3/c1-2-36-25-21(18(14-38)35-37(25)17-6-4-3-5-7-17)20(15-8-10-16(28)11-9-15)22(26(36)40)34-24(39)23-32-13-12-19(33-23)27(29,30)31/h3-13,20,22,38H,2,14H2,1H3,(H,34,39)/t20-,22+/m1/s1. The van der Waals surface area contributed by atoms with Crippen LogP contribution < -0.4 is 10.2 Å². The van der Waals surface area contributed by atoms with E-state index in [0.717, 1.165) is 6.20 Å². The highest BCUT2D eigenvalue weighted by molar-refractivity contribution is 6.04. The molecule has 206 valence electrons. The molecule has 0 bridgehead atoms. The Morgan fingerprint density at radius 1 is 1.07 bits per heavy atom. The van der Waals surface area contributed by atoms with Gasteiger partial charge in [-0.2, -0.15) is 18.3 Å². The largest absolute Gasteiger partial charge is 0.433 e. The van der Waals surface area contributed by atoms with Crippen LogP contribution in [0.5, 0.6) is 0 Å². The molecule has 0 saturated carbocycles. The summed E-state index contributed by atoms with van der Waals surface area (Å²) in [6.07, 6.45) is -4.01. The van der Waals surface area contributed by atoms with Crippen LogP contribution in [0.4, 0.5) is 23.4 Å². The number of carbonyl (C=O) groups excluding carboxylic acids is 2. The molecule has 2 atom stereocenters. The molecule has 0 spiro atoms. The summed E-state index contributed by atoms with van der Waals surface area (Å²) in [7, 11) is 0. The van der Waals surface area contributed by atoms with Crippen LogP contribution in [-0.2, 0) is 17.6 Å². The number of rotatable bonds is 6. The number of fused-ring (bicyclic) bond motifs is 1. The van der Waals surface area contributed by atoms with Crippen molar-refractivity contribution in [2.45, 2.75) is 31.7 Å². The number of benzene rings is 2. The topological polar surface area (TPSA) is 113 Å². The quantitative estimate of drug-likeness (QED) is 0.352. The third kappa shape index (κ3) is 4.79. The molecule has 9 nitrogen and oxygen atoms in total. The fraction of sp³-hybridized carbons (Fsp3) is 0.222. The molecule has 2 N–H and O–H groups in total.